The maximum Gasteiger partial charge on any atom is 0.407 e. The van der Waals surface area contributed by atoms with Gasteiger partial charge in [0.05, 0.1) is 10.7 Å². The summed E-state index contributed by atoms with van der Waals surface area (Å²) in [4.78, 5) is 13.8. The highest BCUT2D eigenvalue weighted by molar-refractivity contribution is 6.33. The van der Waals surface area contributed by atoms with E-state index < -0.39 is 0 Å². The van der Waals surface area contributed by atoms with Crippen LogP contribution >= 0.6 is 11.6 Å². The summed E-state index contributed by atoms with van der Waals surface area (Å²) in [6.45, 7) is 0.289. The lowest BCUT2D eigenvalue weighted by Crippen LogP contribution is -2.49. The van der Waals surface area contributed by atoms with Gasteiger partial charge in [0.25, 0.3) is 0 Å². The van der Waals surface area contributed by atoms with Crippen molar-refractivity contribution in [1.82, 2.24) is 5.32 Å². The van der Waals surface area contributed by atoms with Gasteiger partial charge in [-0.25, -0.2) is 4.79 Å². The first-order chi connectivity index (χ1) is 12.5. The van der Waals surface area contributed by atoms with Crippen molar-refractivity contribution in [3.63, 3.8) is 0 Å². The molecule has 6 heteroatoms. The molecule has 0 unspecified atom stereocenters. The fourth-order valence-corrected chi connectivity index (χ4v) is 3.33. The van der Waals surface area contributed by atoms with Gasteiger partial charge in [-0.1, -0.05) is 41.9 Å². The molecule has 0 aliphatic heterocycles. The number of carbonyl (C=O) groups excluding carboxylic acids is 1. The van der Waals surface area contributed by atoms with E-state index in [1.807, 2.05) is 67.5 Å². The standard InChI is InChI=1S/C20H24ClN3O2/c1-24(2)19-9-8-15(12-18(19)21)22-16-10-17(11-16)23-20(25)26-13-14-6-4-3-5-7-14/h3-9,12,16-17,22H,10-11,13H2,1-2H3,(H,23,25). The van der Waals surface area contributed by atoms with Gasteiger partial charge < -0.3 is 20.3 Å². The molecule has 1 aliphatic carbocycles. The molecule has 1 saturated carbocycles. The third kappa shape index (κ3) is 4.82. The lowest BCUT2D eigenvalue weighted by Gasteiger charge is -2.36. The number of nitrogens with zero attached hydrogens (tertiary/aromatic N) is 1. The van der Waals surface area contributed by atoms with Crippen molar-refractivity contribution in [3.05, 3.63) is 59.1 Å². The van der Waals surface area contributed by atoms with Crippen LogP contribution in [0.3, 0.4) is 0 Å². The molecule has 0 spiro atoms. The average Bonchev–Trinajstić information content (AvgIpc) is 2.59. The fraction of sp³-hybridized carbons (Fsp3) is 0.350. The number of alkyl carbamates (subject to hydrolysis) is 1. The van der Waals surface area contributed by atoms with Crippen molar-refractivity contribution in [3.8, 4) is 0 Å². The Morgan fingerprint density at radius 3 is 2.54 bits per heavy atom. The Morgan fingerprint density at radius 2 is 1.88 bits per heavy atom. The molecule has 0 atom stereocenters. The van der Waals surface area contributed by atoms with E-state index >= 15 is 0 Å². The average molecular weight is 374 g/mol. The van der Waals surface area contributed by atoms with Gasteiger partial charge in [-0.3, -0.25) is 0 Å². The zero-order chi connectivity index (χ0) is 18.5. The van der Waals surface area contributed by atoms with Crippen LogP contribution in [0.1, 0.15) is 18.4 Å². The van der Waals surface area contributed by atoms with Crippen LogP contribution in [0, 0.1) is 0 Å². The second-order valence-corrected chi connectivity index (χ2v) is 7.18. The first kappa shape index (κ1) is 18.4. The number of ether oxygens (including phenoxy) is 1. The highest BCUT2D eigenvalue weighted by Gasteiger charge is 2.30. The van der Waals surface area contributed by atoms with Crippen molar-refractivity contribution in [1.29, 1.82) is 0 Å². The molecule has 0 saturated heterocycles. The zero-order valence-corrected chi connectivity index (χ0v) is 15.8. The molecule has 0 radical (unpaired) electrons. The number of rotatable bonds is 6. The van der Waals surface area contributed by atoms with Crippen molar-refractivity contribution in [2.24, 2.45) is 0 Å². The highest BCUT2D eigenvalue weighted by Crippen LogP contribution is 2.30. The number of hydrogen-bond donors (Lipinski definition) is 2. The molecule has 5 nitrogen and oxygen atoms in total. The number of anilines is 2. The van der Waals surface area contributed by atoms with Crippen LogP contribution < -0.4 is 15.5 Å². The van der Waals surface area contributed by atoms with Crippen LogP contribution in [-0.2, 0) is 11.3 Å². The first-order valence-corrected chi connectivity index (χ1v) is 9.09. The molecular weight excluding hydrogens is 350 g/mol. The van der Waals surface area contributed by atoms with Gasteiger partial charge in [0.1, 0.15) is 6.61 Å². The quantitative estimate of drug-likeness (QED) is 0.793. The maximum absolute atomic E-state index is 11.9. The molecule has 3 rings (SSSR count). The summed E-state index contributed by atoms with van der Waals surface area (Å²) in [5.74, 6) is 0. The molecule has 138 valence electrons. The van der Waals surface area contributed by atoms with E-state index in [4.69, 9.17) is 16.3 Å². The summed E-state index contributed by atoms with van der Waals surface area (Å²) < 4.78 is 5.25. The second-order valence-electron chi connectivity index (χ2n) is 6.78. The Balaban J connectivity index is 1.39. The molecule has 2 aromatic carbocycles. The van der Waals surface area contributed by atoms with E-state index in [1.54, 1.807) is 0 Å². The van der Waals surface area contributed by atoms with Crippen LogP contribution in [-0.4, -0.2) is 32.3 Å². The van der Waals surface area contributed by atoms with Crippen LogP contribution in [0.4, 0.5) is 16.2 Å². The molecule has 1 aliphatic rings. The Morgan fingerprint density at radius 1 is 1.15 bits per heavy atom. The van der Waals surface area contributed by atoms with Gasteiger partial charge in [-0.2, -0.15) is 0 Å². The minimum atomic E-state index is -0.365. The van der Waals surface area contributed by atoms with Crippen LogP contribution in [0.25, 0.3) is 0 Å². The maximum atomic E-state index is 11.9. The second kappa shape index (κ2) is 8.32. The minimum absolute atomic E-state index is 0.146. The number of nitrogens with one attached hydrogen (secondary N) is 2. The molecule has 26 heavy (non-hydrogen) atoms. The SMILES string of the molecule is CN(C)c1ccc(NC2CC(NC(=O)OCc3ccccc3)C2)cc1Cl. The topological polar surface area (TPSA) is 53.6 Å². The van der Waals surface area contributed by atoms with E-state index in [0.29, 0.717) is 6.04 Å². The summed E-state index contributed by atoms with van der Waals surface area (Å²) in [7, 11) is 3.93. The number of halogens is 1. The Bertz CT molecular complexity index is 746. The summed E-state index contributed by atoms with van der Waals surface area (Å²) in [5.41, 5.74) is 2.97. The van der Waals surface area contributed by atoms with Crippen LogP contribution in [0.2, 0.25) is 5.02 Å². The molecule has 0 bridgehead atoms. The Kier molecular flexibility index (Phi) is 5.89. The van der Waals surface area contributed by atoms with Gasteiger partial charge in [0, 0.05) is 31.9 Å². The molecule has 0 heterocycles. The highest BCUT2D eigenvalue weighted by atomic mass is 35.5. The molecule has 0 aromatic heterocycles. The largest absolute Gasteiger partial charge is 0.445 e. The summed E-state index contributed by atoms with van der Waals surface area (Å²) in [6, 6.07) is 16.1. The van der Waals surface area contributed by atoms with E-state index in [0.717, 1.165) is 34.8 Å². The lowest BCUT2D eigenvalue weighted by atomic mass is 9.86. The third-order valence-corrected chi connectivity index (χ3v) is 4.78. The summed E-state index contributed by atoms with van der Waals surface area (Å²) in [5, 5.41) is 7.08. The molecule has 2 N–H and O–H groups in total. The predicted molar refractivity (Wildman–Crippen MR) is 106 cm³/mol. The lowest BCUT2D eigenvalue weighted by molar-refractivity contribution is 0.129. The van der Waals surface area contributed by atoms with Gasteiger partial charge >= 0.3 is 6.09 Å². The van der Waals surface area contributed by atoms with E-state index in [-0.39, 0.29) is 18.7 Å². The van der Waals surface area contributed by atoms with E-state index in [9.17, 15) is 4.79 Å². The van der Waals surface area contributed by atoms with Gasteiger partial charge in [0.15, 0.2) is 0 Å². The minimum Gasteiger partial charge on any atom is -0.445 e. The molecule has 2 aromatic rings. The number of carbonyl (C=O) groups is 1. The van der Waals surface area contributed by atoms with E-state index in [1.165, 1.54) is 0 Å². The smallest absolute Gasteiger partial charge is 0.407 e. The summed E-state index contributed by atoms with van der Waals surface area (Å²) >= 11 is 6.30. The number of hydrogen-bond acceptors (Lipinski definition) is 4. The predicted octanol–water partition coefficient (Wildman–Crippen LogP) is 4.28. The third-order valence-electron chi connectivity index (χ3n) is 4.47. The van der Waals surface area contributed by atoms with Crippen molar-refractivity contribution < 1.29 is 9.53 Å². The number of benzene rings is 2. The van der Waals surface area contributed by atoms with Gasteiger partial charge in [-0.15, -0.1) is 0 Å². The van der Waals surface area contributed by atoms with Crippen LogP contribution in [0.15, 0.2) is 48.5 Å². The fourth-order valence-electron chi connectivity index (χ4n) is 2.98. The van der Waals surface area contributed by atoms with E-state index in [2.05, 4.69) is 10.6 Å². The zero-order valence-electron chi connectivity index (χ0n) is 15.0. The number of amides is 1. The summed E-state index contributed by atoms with van der Waals surface area (Å²) in [6.07, 6.45) is 1.37. The van der Waals surface area contributed by atoms with Gasteiger partial charge in [0.2, 0.25) is 0 Å². The normalized spacial score (nSPS) is 18.6. The first-order valence-electron chi connectivity index (χ1n) is 8.72. The Labute approximate surface area is 159 Å². The molecule has 1 amide bonds. The van der Waals surface area contributed by atoms with Crippen molar-refractivity contribution >= 4 is 29.1 Å². The van der Waals surface area contributed by atoms with Gasteiger partial charge in [-0.05, 0) is 36.6 Å². The van der Waals surface area contributed by atoms with Crippen molar-refractivity contribution in [2.75, 3.05) is 24.3 Å². The van der Waals surface area contributed by atoms with Crippen LogP contribution in [0.5, 0.6) is 0 Å². The molecular formula is C20H24ClN3O2. The molecule has 1 fully saturated rings. The van der Waals surface area contributed by atoms with Crippen molar-refractivity contribution in [2.45, 2.75) is 31.5 Å². The Hall–Kier alpha value is -2.40. The monoisotopic (exact) mass is 373 g/mol.